The maximum atomic E-state index is 12.5. The van der Waals surface area contributed by atoms with Crippen LogP contribution in [-0.2, 0) is 11.2 Å². The van der Waals surface area contributed by atoms with E-state index in [4.69, 9.17) is 9.15 Å². The van der Waals surface area contributed by atoms with Gasteiger partial charge in [-0.2, -0.15) is 5.26 Å². The molecule has 2 aromatic heterocycles. The van der Waals surface area contributed by atoms with E-state index < -0.39 is 10.8 Å². The van der Waals surface area contributed by atoms with Crippen LogP contribution in [-0.4, -0.2) is 27.6 Å². The zero-order chi connectivity index (χ0) is 24.5. The highest BCUT2D eigenvalue weighted by Crippen LogP contribution is 2.34. The molecule has 0 fully saturated rings. The largest absolute Gasteiger partial charge is 0.494 e. The van der Waals surface area contributed by atoms with Crippen molar-refractivity contribution < 1.29 is 18.9 Å². The highest BCUT2D eigenvalue weighted by Gasteiger charge is 2.20. The lowest BCUT2D eigenvalue weighted by Gasteiger charge is -2.05. The van der Waals surface area contributed by atoms with Crippen molar-refractivity contribution in [1.82, 2.24) is 10.2 Å². The predicted molar refractivity (Wildman–Crippen MR) is 127 cm³/mol. The number of benzene rings is 1. The molecule has 3 rings (SSSR count). The van der Waals surface area contributed by atoms with Crippen molar-refractivity contribution in [3.05, 3.63) is 56.8 Å². The van der Waals surface area contributed by atoms with Crippen molar-refractivity contribution in [3.8, 4) is 23.1 Å². The van der Waals surface area contributed by atoms with Crippen LogP contribution < -0.4 is 10.1 Å². The summed E-state index contributed by atoms with van der Waals surface area (Å²) in [5.74, 6) is 0.143. The second kappa shape index (κ2) is 11.7. The topological polar surface area (TPSA) is 144 Å². The van der Waals surface area contributed by atoms with E-state index in [1.54, 1.807) is 13.0 Å². The van der Waals surface area contributed by atoms with Gasteiger partial charge in [-0.05, 0) is 37.6 Å². The maximum absolute atomic E-state index is 12.5. The van der Waals surface area contributed by atoms with E-state index in [1.807, 2.05) is 6.07 Å². The van der Waals surface area contributed by atoms with Crippen LogP contribution in [0.15, 0.2) is 40.3 Å². The van der Waals surface area contributed by atoms with Gasteiger partial charge in [-0.3, -0.25) is 20.2 Å². The van der Waals surface area contributed by atoms with E-state index >= 15 is 0 Å². The first-order valence-corrected chi connectivity index (χ1v) is 11.5. The Kier molecular flexibility index (Phi) is 8.48. The average Bonchev–Trinajstić information content (AvgIpc) is 3.47. The number of ether oxygens (including phenoxy) is 1. The summed E-state index contributed by atoms with van der Waals surface area (Å²) in [7, 11) is 0. The van der Waals surface area contributed by atoms with Gasteiger partial charge < -0.3 is 9.15 Å². The lowest BCUT2D eigenvalue weighted by molar-refractivity contribution is -0.384. The minimum atomic E-state index is -0.649. The van der Waals surface area contributed by atoms with Crippen LogP contribution in [0.4, 0.5) is 10.8 Å². The number of nitriles is 1. The van der Waals surface area contributed by atoms with E-state index in [1.165, 1.54) is 41.7 Å². The molecule has 0 aliphatic carbocycles. The molecule has 1 N–H and O–H groups in total. The fourth-order valence-electron chi connectivity index (χ4n) is 3.09. The zero-order valence-electron chi connectivity index (χ0n) is 18.7. The number of hydrogen-bond donors (Lipinski definition) is 1. The van der Waals surface area contributed by atoms with Gasteiger partial charge in [0.25, 0.3) is 11.6 Å². The third-order valence-electron chi connectivity index (χ3n) is 4.70. The van der Waals surface area contributed by atoms with Crippen molar-refractivity contribution in [2.75, 3.05) is 11.9 Å². The number of unbranched alkanes of at least 4 members (excludes halogenated alkanes) is 2. The minimum Gasteiger partial charge on any atom is -0.494 e. The van der Waals surface area contributed by atoms with Crippen LogP contribution in [0.5, 0.6) is 5.75 Å². The van der Waals surface area contributed by atoms with Crippen molar-refractivity contribution in [3.63, 3.8) is 0 Å². The highest BCUT2D eigenvalue weighted by molar-refractivity contribution is 7.15. The molecule has 0 radical (unpaired) electrons. The van der Waals surface area contributed by atoms with Crippen LogP contribution in [0.25, 0.3) is 17.4 Å². The fraction of sp³-hybridized carbons (Fsp3) is 0.304. The predicted octanol–water partition coefficient (Wildman–Crippen LogP) is 5.38. The number of nitrogens with zero attached hydrogens (tertiary/aromatic N) is 4. The SMILES string of the molecule is CCCCCc1nnc(NC(=O)/C(C#N)=C\c2ccc(-c3ccc(OCC)cc3[N+](=O)[O-])o2)s1. The van der Waals surface area contributed by atoms with Gasteiger partial charge in [0.1, 0.15) is 33.9 Å². The van der Waals surface area contributed by atoms with E-state index in [2.05, 4.69) is 22.4 Å². The summed E-state index contributed by atoms with van der Waals surface area (Å²) in [6.07, 6.45) is 5.24. The van der Waals surface area contributed by atoms with Gasteiger partial charge in [-0.25, -0.2) is 0 Å². The molecule has 0 atom stereocenters. The summed E-state index contributed by atoms with van der Waals surface area (Å²) in [5.41, 5.74) is -0.134. The molecular formula is C23H23N5O5S. The number of nitro benzene ring substituents is 1. The molecule has 1 aromatic carbocycles. The average molecular weight is 482 g/mol. The summed E-state index contributed by atoms with van der Waals surface area (Å²) in [4.78, 5) is 23.5. The van der Waals surface area contributed by atoms with Crippen LogP contribution in [0.1, 0.15) is 43.9 Å². The minimum absolute atomic E-state index is 0.180. The van der Waals surface area contributed by atoms with E-state index in [0.29, 0.717) is 17.5 Å². The van der Waals surface area contributed by atoms with Crippen LogP contribution in [0, 0.1) is 21.4 Å². The molecule has 0 saturated carbocycles. The molecule has 0 saturated heterocycles. The van der Waals surface area contributed by atoms with Crippen molar-refractivity contribution in [2.45, 2.75) is 39.5 Å². The molecule has 0 unspecified atom stereocenters. The molecule has 0 aliphatic heterocycles. The number of hydrogen-bond acceptors (Lipinski definition) is 9. The first-order valence-electron chi connectivity index (χ1n) is 10.7. The van der Waals surface area contributed by atoms with E-state index in [-0.39, 0.29) is 28.3 Å². The van der Waals surface area contributed by atoms with Crippen LogP contribution in [0.2, 0.25) is 0 Å². The lowest BCUT2D eigenvalue weighted by Crippen LogP contribution is -2.13. The number of anilines is 1. The first kappa shape index (κ1) is 24.6. The maximum Gasteiger partial charge on any atom is 0.284 e. The monoisotopic (exact) mass is 481 g/mol. The summed E-state index contributed by atoms with van der Waals surface area (Å²) in [6.45, 7) is 4.27. The Morgan fingerprint density at radius 2 is 2.12 bits per heavy atom. The molecule has 0 spiro atoms. The Hall–Kier alpha value is -4.04. The van der Waals surface area contributed by atoms with E-state index in [0.717, 1.165) is 30.7 Å². The molecule has 3 aromatic rings. The summed E-state index contributed by atoms with van der Waals surface area (Å²) in [5, 5.41) is 32.7. The smallest absolute Gasteiger partial charge is 0.284 e. The van der Waals surface area contributed by atoms with Crippen molar-refractivity contribution in [2.24, 2.45) is 0 Å². The summed E-state index contributed by atoms with van der Waals surface area (Å²) < 4.78 is 11.0. The number of nitrogens with one attached hydrogen (secondary N) is 1. The molecular weight excluding hydrogens is 458 g/mol. The Bertz CT molecular complexity index is 1240. The van der Waals surface area contributed by atoms with Crippen LogP contribution >= 0.6 is 11.3 Å². The van der Waals surface area contributed by atoms with Gasteiger partial charge in [0.15, 0.2) is 0 Å². The highest BCUT2D eigenvalue weighted by atomic mass is 32.1. The lowest BCUT2D eigenvalue weighted by atomic mass is 10.1. The van der Waals surface area contributed by atoms with Gasteiger partial charge in [0.05, 0.1) is 23.2 Å². The number of rotatable bonds is 11. The van der Waals surface area contributed by atoms with Crippen molar-refractivity contribution in [1.29, 1.82) is 5.26 Å². The Balaban J connectivity index is 1.76. The molecule has 10 nitrogen and oxygen atoms in total. The van der Waals surface area contributed by atoms with Gasteiger partial charge in [-0.15, -0.1) is 10.2 Å². The number of carbonyl (C=O) groups excluding carboxylic acids is 1. The summed E-state index contributed by atoms with van der Waals surface area (Å²) in [6, 6.07) is 9.36. The third-order valence-corrected chi connectivity index (χ3v) is 5.60. The second-order valence-corrected chi connectivity index (χ2v) is 8.22. The van der Waals surface area contributed by atoms with Crippen molar-refractivity contribution >= 4 is 34.1 Å². The normalized spacial score (nSPS) is 11.1. The number of carbonyl (C=O) groups is 1. The number of aromatic nitrogens is 2. The van der Waals surface area contributed by atoms with Gasteiger partial charge in [-0.1, -0.05) is 31.1 Å². The number of aryl methyl sites for hydroxylation is 1. The number of amides is 1. The van der Waals surface area contributed by atoms with E-state index in [9.17, 15) is 20.2 Å². The molecule has 34 heavy (non-hydrogen) atoms. The number of nitro groups is 1. The zero-order valence-corrected chi connectivity index (χ0v) is 19.6. The number of furan rings is 1. The Morgan fingerprint density at radius 1 is 1.29 bits per heavy atom. The standard InChI is InChI=1S/C23H23N5O5S/c1-3-5-6-7-21-26-27-23(34-21)25-22(29)15(14-24)12-17-9-11-20(33-17)18-10-8-16(32-4-2)13-19(18)28(30)31/h8-13H,3-7H2,1-2H3,(H,25,27,29)/b15-12-. The van der Waals surface area contributed by atoms with Gasteiger partial charge >= 0.3 is 0 Å². The fourth-order valence-corrected chi connectivity index (χ4v) is 3.87. The molecule has 1 amide bonds. The third kappa shape index (κ3) is 6.26. The molecule has 176 valence electrons. The first-order chi connectivity index (χ1) is 16.4. The summed E-state index contributed by atoms with van der Waals surface area (Å²) >= 11 is 1.27. The Morgan fingerprint density at radius 3 is 2.82 bits per heavy atom. The molecule has 0 aliphatic rings. The van der Waals surface area contributed by atoms with Gasteiger partial charge in [0, 0.05) is 12.5 Å². The Labute approximate surface area is 200 Å². The molecule has 0 bridgehead atoms. The molecule has 2 heterocycles. The second-order valence-electron chi connectivity index (χ2n) is 7.15. The van der Waals surface area contributed by atoms with Gasteiger partial charge in [0.2, 0.25) is 5.13 Å². The quantitative estimate of drug-likeness (QED) is 0.126. The van der Waals surface area contributed by atoms with Crippen LogP contribution in [0.3, 0.4) is 0 Å². The molecule has 11 heteroatoms.